The summed E-state index contributed by atoms with van der Waals surface area (Å²) in [6.07, 6.45) is 1.45. The Morgan fingerprint density at radius 1 is 1.10 bits per heavy atom. The summed E-state index contributed by atoms with van der Waals surface area (Å²) in [4.78, 5) is 24.6. The summed E-state index contributed by atoms with van der Waals surface area (Å²) in [5, 5.41) is 22.4. The molecule has 0 saturated heterocycles. The maximum Gasteiger partial charge on any atom is 0.508 e. The predicted octanol–water partition coefficient (Wildman–Crippen LogP) is 0.182. The Kier molecular flexibility index (Phi) is 4.94. The molecule has 0 bridgehead atoms. The van der Waals surface area contributed by atoms with Gasteiger partial charge in [-0.05, 0) is 23.8 Å². The van der Waals surface area contributed by atoms with E-state index < -0.39 is 13.0 Å². The van der Waals surface area contributed by atoms with Crippen molar-refractivity contribution in [3.8, 4) is 11.5 Å². The number of rotatable bonds is 6. The van der Waals surface area contributed by atoms with Gasteiger partial charge in [-0.2, -0.15) is 0 Å². The number of carbonyl (C=O) groups is 1. The van der Waals surface area contributed by atoms with Crippen LogP contribution in [0.15, 0.2) is 60.9 Å². The zero-order chi connectivity index (χ0) is 20.4. The second-order valence-electron chi connectivity index (χ2n) is 6.34. The first-order valence-corrected chi connectivity index (χ1v) is 8.82. The third-order valence-electron chi connectivity index (χ3n) is 4.36. The minimum atomic E-state index is -1.77. The molecule has 29 heavy (non-hydrogen) atoms. The highest BCUT2D eigenvalue weighted by Gasteiger charge is 2.20. The van der Waals surface area contributed by atoms with Crippen molar-refractivity contribution in [3.63, 3.8) is 0 Å². The van der Waals surface area contributed by atoms with Crippen LogP contribution in [0.4, 0.5) is 5.82 Å². The second-order valence-corrected chi connectivity index (χ2v) is 6.34. The fourth-order valence-electron chi connectivity index (χ4n) is 2.98. The van der Waals surface area contributed by atoms with Crippen LogP contribution in [0.25, 0.3) is 17.0 Å². The molecule has 5 N–H and O–H groups in total. The quantitative estimate of drug-likeness (QED) is 0.346. The number of benzene rings is 1. The molecule has 0 radical (unpaired) electrons. The number of hydrogen-bond donors (Lipinski definition) is 4. The number of pyridine rings is 1. The number of carbonyl (C=O) groups excluding carboxylic acids is 1. The van der Waals surface area contributed by atoms with Crippen LogP contribution in [0.1, 0.15) is 16.1 Å². The molecule has 0 atom stereocenters. The van der Waals surface area contributed by atoms with Crippen molar-refractivity contribution in [1.29, 1.82) is 0 Å². The van der Waals surface area contributed by atoms with Gasteiger partial charge in [-0.1, -0.05) is 36.4 Å². The molecule has 1 aromatic carbocycles. The Balaban J connectivity index is 1.75. The first-order chi connectivity index (χ1) is 14.0. The summed E-state index contributed by atoms with van der Waals surface area (Å²) in [7, 11) is -1.77. The van der Waals surface area contributed by atoms with Crippen LogP contribution < -0.4 is 16.6 Å². The standard InChI is InChI=1S/C19H17BN6O3/c21-18(27)14-8-4-7-13-17(23-11-26(13)14)19-24-15(20(28)29)9-16(25-19)22-10-12-5-2-1-3-6-12/h1-9,11,28-29H,10H2,(H2,21,27)(H,22,24,25). The van der Waals surface area contributed by atoms with E-state index in [1.54, 1.807) is 22.6 Å². The van der Waals surface area contributed by atoms with Crippen molar-refractivity contribution in [2.45, 2.75) is 6.54 Å². The van der Waals surface area contributed by atoms with Gasteiger partial charge in [0.1, 0.15) is 23.5 Å². The Morgan fingerprint density at radius 3 is 2.62 bits per heavy atom. The molecule has 4 rings (SSSR count). The first-order valence-electron chi connectivity index (χ1n) is 8.82. The van der Waals surface area contributed by atoms with Crippen LogP contribution >= 0.6 is 0 Å². The number of fused-ring (bicyclic) bond motifs is 1. The second kappa shape index (κ2) is 7.70. The maximum absolute atomic E-state index is 11.6. The lowest BCUT2D eigenvalue weighted by atomic mass is 9.86. The molecule has 9 nitrogen and oxygen atoms in total. The van der Waals surface area contributed by atoms with E-state index in [1.807, 2.05) is 30.3 Å². The number of nitrogens with one attached hydrogen (secondary N) is 1. The molecule has 10 heteroatoms. The van der Waals surface area contributed by atoms with Gasteiger partial charge in [-0.25, -0.2) is 15.0 Å². The summed E-state index contributed by atoms with van der Waals surface area (Å²) in [6, 6.07) is 16.2. The van der Waals surface area contributed by atoms with Gasteiger partial charge >= 0.3 is 7.12 Å². The number of imidazole rings is 1. The van der Waals surface area contributed by atoms with Gasteiger partial charge in [0.05, 0.1) is 11.1 Å². The van der Waals surface area contributed by atoms with Crippen molar-refractivity contribution in [2.75, 3.05) is 5.32 Å². The van der Waals surface area contributed by atoms with Crippen LogP contribution in [0, 0.1) is 0 Å². The SMILES string of the molecule is NC(=O)c1cccc2c(-c3nc(NCc4ccccc4)cc(B(O)O)n3)ncn12. The van der Waals surface area contributed by atoms with Gasteiger partial charge in [0.2, 0.25) is 0 Å². The van der Waals surface area contributed by atoms with E-state index in [9.17, 15) is 14.8 Å². The van der Waals surface area contributed by atoms with E-state index >= 15 is 0 Å². The van der Waals surface area contributed by atoms with Crippen LogP contribution in [0.2, 0.25) is 0 Å². The van der Waals surface area contributed by atoms with E-state index in [0.29, 0.717) is 23.6 Å². The number of anilines is 1. The lowest BCUT2D eigenvalue weighted by Gasteiger charge is -2.10. The minimum absolute atomic E-state index is 0.0257. The van der Waals surface area contributed by atoms with E-state index in [4.69, 9.17) is 5.73 Å². The smallest absolute Gasteiger partial charge is 0.422 e. The van der Waals surface area contributed by atoms with Gasteiger partial charge < -0.3 is 21.1 Å². The van der Waals surface area contributed by atoms with E-state index in [-0.39, 0.29) is 17.1 Å². The lowest BCUT2D eigenvalue weighted by Crippen LogP contribution is -2.33. The summed E-state index contributed by atoms with van der Waals surface area (Å²) < 4.78 is 1.54. The van der Waals surface area contributed by atoms with E-state index in [0.717, 1.165) is 5.56 Å². The van der Waals surface area contributed by atoms with Crippen molar-refractivity contribution < 1.29 is 14.8 Å². The molecule has 4 aromatic rings. The fraction of sp³-hybridized carbons (Fsp3) is 0.0526. The number of nitrogens with zero attached hydrogens (tertiary/aromatic N) is 4. The predicted molar refractivity (Wildman–Crippen MR) is 108 cm³/mol. The Labute approximate surface area is 166 Å². The van der Waals surface area contributed by atoms with Crippen molar-refractivity contribution >= 4 is 30.0 Å². The molecular formula is C19H17BN6O3. The van der Waals surface area contributed by atoms with Gasteiger partial charge in [-0.3, -0.25) is 9.20 Å². The molecule has 0 aliphatic heterocycles. The van der Waals surface area contributed by atoms with Crippen molar-refractivity contribution in [2.24, 2.45) is 5.73 Å². The largest absolute Gasteiger partial charge is 0.508 e. The normalized spacial score (nSPS) is 10.8. The third kappa shape index (κ3) is 3.79. The molecule has 0 saturated carbocycles. The summed E-state index contributed by atoms with van der Waals surface area (Å²) in [5.41, 5.74) is 7.70. The summed E-state index contributed by atoms with van der Waals surface area (Å²) in [5.74, 6) is 0.00894. The van der Waals surface area contributed by atoms with Gasteiger partial charge in [0.15, 0.2) is 5.82 Å². The van der Waals surface area contributed by atoms with Gasteiger partial charge in [-0.15, -0.1) is 0 Å². The average molecular weight is 388 g/mol. The molecule has 0 unspecified atom stereocenters. The highest BCUT2D eigenvalue weighted by atomic mass is 16.4. The molecule has 0 aliphatic rings. The lowest BCUT2D eigenvalue weighted by molar-refractivity contribution is 0.0994. The van der Waals surface area contributed by atoms with E-state index in [1.165, 1.54) is 12.4 Å². The minimum Gasteiger partial charge on any atom is -0.422 e. The Morgan fingerprint density at radius 2 is 1.90 bits per heavy atom. The zero-order valence-electron chi connectivity index (χ0n) is 15.2. The van der Waals surface area contributed by atoms with Crippen molar-refractivity contribution in [3.05, 3.63) is 72.2 Å². The summed E-state index contributed by atoms with van der Waals surface area (Å²) in [6.45, 7) is 0.494. The van der Waals surface area contributed by atoms with Crippen molar-refractivity contribution in [1.82, 2.24) is 19.4 Å². The van der Waals surface area contributed by atoms with E-state index in [2.05, 4.69) is 20.3 Å². The molecule has 3 aromatic heterocycles. The molecular weight excluding hydrogens is 371 g/mol. The zero-order valence-corrected chi connectivity index (χ0v) is 15.2. The topological polar surface area (TPSA) is 139 Å². The molecule has 3 heterocycles. The third-order valence-corrected chi connectivity index (χ3v) is 4.36. The molecule has 0 spiro atoms. The van der Waals surface area contributed by atoms with Crippen LogP contribution in [0.5, 0.6) is 0 Å². The molecule has 0 aliphatic carbocycles. The highest BCUT2D eigenvalue weighted by Crippen LogP contribution is 2.21. The maximum atomic E-state index is 11.6. The molecule has 0 fully saturated rings. The molecule has 1 amide bonds. The molecule has 144 valence electrons. The Hall–Kier alpha value is -3.76. The Bertz CT molecular complexity index is 1180. The number of nitrogens with two attached hydrogens (primary N) is 1. The monoisotopic (exact) mass is 388 g/mol. The van der Waals surface area contributed by atoms with Crippen LogP contribution in [0.3, 0.4) is 0 Å². The number of aromatic nitrogens is 4. The van der Waals surface area contributed by atoms with Gasteiger partial charge in [0, 0.05) is 6.54 Å². The highest BCUT2D eigenvalue weighted by molar-refractivity contribution is 6.57. The van der Waals surface area contributed by atoms with Crippen LogP contribution in [-0.4, -0.2) is 42.4 Å². The fourth-order valence-corrected chi connectivity index (χ4v) is 2.98. The summed E-state index contributed by atoms with van der Waals surface area (Å²) >= 11 is 0. The first kappa shape index (κ1) is 18.6. The average Bonchev–Trinajstić information content (AvgIpc) is 3.17. The van der Waals surface area contributed by atoms with Gasteiger partial charge in [0.25, 0.3) is 5.91 Å². The number of hydrogen-bond acceptors (Lipinski definition) is 7. The number of amides is 1. The van der Waals surface area contributed by atoms with Crippen LogP contribution in [-0.2, 0) is 6.54 Å². The number of primary amides is 1.